The van der Waals surface area contributed by atoms with E-state index in [0.29, 0.717) is 24.1 Å². The smallest absolute Gasteiger partial charge is 0.170 e. The molecule has 0 aromatic carbocycles. The fourth-order valence-corrected chi connectivity index (χ4v) is 1.78. The molecule has 16 heavy (non-hydrogen) atoms. The van der Waals surface area contributed by atoms with Gasteiger partial charge in [-0.2, -0.15) is 0 Å². The molecule has 1 aliphatic heterocycles. The molecule has 0 aliphatic carbocycles. The second-order valence-electron chi connectivity index (χ2n) is 2.95. The van der Waals surface area contributed by atoms with Crippen molar-refractivity contribution in [1.82, 2.24) is 9.66 Å². The Morgan fingerprint density at radius 2 is 2.38 bits per heavy atom. The van der Waals surface area contributed by atoms with Gasteiger partial charge in [-0.1, -0.05) is 0 Å². The Bertz CT molecular complexity index is 330. The van der Waals surface area contributed by atoms with Gasteiger partial charge in [-0.15, -0.1) is 0 Å². The summed E-state index contributed by atoms with van der Waals surface area (Å²) in [6.07, 6.45) is 4.77. The molecule has 2 heterocycles. The summed E-state index contributed by atoms with van der Waals surface area (Å²) in [4.78, 5) is 3.94. The molecule has 0 amide bonds. The SMILES string of the molecule is S=C([S-])N(C1COCCO1)n1ccnc1.[Mo]. The summed E-state index contributed by atoms with van der Waals surface area (Å²) >= 11 is 10.0. The van der Waals surface area contributed by atoms with Crippen LogP contribution in [0, 0.1) is 0 Å². The van der Waals surface area contributed by atoms with Crippen LogP contribution >= 0.6 is 12.2 Å². The maximum absolute atomic E-state index is 5.52. The molecule has 2 rings (SSSR count). The van der Waals surface area contributed by atoms with E-state index in [1.165, 1.54) is 0 Å². The third-order valence-corrected chi connectivity index (χ3v) is 2.37. The van der Waals surface area contributed by atoms with Crippen molar-refractivity contribution >= 4 is 29.2 Å². The molecule has 0 radical (unpaired) electrons. The molecule has 1 unspecified atom stereocenters. The van der Waals surface area contributed by atoms with Crippen LogP contribution in [0.25, 0.3) is 0 Å². The Morgan fingerprint density at radius 3 is 2.88 bits per heavy atom. The van der Waals surface area contributed by atoms with Gasteiger partial charge in [0.25, 0.3) is 0 Å². The minimum Gasteiger partial charge on any atom is -0.409 e. The first-order valence-electron chi connectivity index (χ1n) is 4.47. The number of nitrogens with zero attached hydrogens (tertiary/aromatic N) is 3. The fraction of sp³-hybridized carbons (Fsp3) is 0.500. The van der Waals surface area contributed by atoms with Gasteiger partial charge in [0.15, 0.2) is 6.23 Å². The van der Waals surface area contributed by atoms with Gasteiger partial charge < -0.3 is 34.3 Å². The molecule has 0 bridgehead atoms. The van der Waals surface area contributed by atoms with E-state index in [4.69, 9.17) is 34.3 Å². The van der Waals surface area contributed by atoms with Gasteiger partial charge in [-0.25, -0.2) is 9.66 Å². The number of imidazole rings is 1. The van der Waals surface area contributed by atoms with Crippen molar-refractivity contribution in [3.8, 4) is 0 Å². The maximum Gasteiger partial charge on any atom is 0.170 e. The van der Waals surface area contributed by atoms with Crippen LogP contribution in [0.1, 0.15) is 0 Å². The summed E-state index contributed by atoms with van der Waals surface area (Å²) in [7, 11) is 0. The summed E-state index contributed by atoms with van der Waals surface area (Å²) in [5.41, 5.74) is 0. The second kappa shape index (κ2) is 6.61. The molecular formula is C8H10MoN3O2S2-. The second-order valence-corrected chi connectivity index (χ2v) is 3.99. The molecule has 1 saturated heterocycles. The molecule has 0 spiro atoms. The molecule has 1 aliphatic rings. The monoisotopic (exact) mass is 342 g/mol. The van der Waals surface area contributed by atoms with E-state index in [1.54, 1.807) is 28.4 Å². The number of ether oxygens (including phenoxy) is 2. The molecule has 8 heteroatoms. The van der Waals surface area contributed by atoms with E-state index >= 15 is 0 Å². The summed E-state index contributed by atoms with van der Waals surface area (Å²) in [6.45, 7) is 1.61. The van der Waals surface area contributed by atoms with Gasteiger partial charge in [0, 0.05) is 33.5 Å². The van der Waals surface area contributed by atoms with E-state index in [9.17, 15) is 0 Å². The van der Waals surface area contributed by atoms with Crippen molar-refractivity contribution in [3.63, 3.8) is 0 Å². The Labute approximate surface area is 119 Å². The Kier molecular flexibility index (Phi) is 5.78. The van der Waals surface area contributed by atoms with Crippen molar-refractivity contribution in [1.29, 1.82) is 0 Å². The molecule has 1 fully saturated rings. The van der Waals surface area contributed by atoms with Gasteiger partial charge >= 0.3 is 0 Å². The molecular weight excluding hydrogens is 330 g/mol. The van der Waals surface area contributed by atoms with Crippen LogP contribution in [0.4, 0.5) is 0 Å². The summed E-state index contributed by atoms with van der Waals surface area (Å²) < 4.78 is 12.8. The predicted molar refractivity (Wildman–Crippen MR) is 61.0 cm³/mol. The van der Waals surface area contributed by atoms with Crippen LogP contribution in [0.3, 0.4) is 0 Å². The van der Waals surface area contributed by atoms with E-state index in [-0.39, 0.29) is 27.3 Å². The topological polar surface area (TPSA) is 39.5 Å². The molecule has 0 saturated carbocycles. The third kappa shape index (κ3) is 3.21. The van der Waals surface area contributed by atoms with Gasteiger partial charge in [-0.05, 0) is 4.32 Å². The molecule has 5 nitrogen and oxygen atoms in total. The molecule has 1 aromatic rings. The van der Waals surface area contributed by atoms with Crippen LogP contribution in [-0.2, 0) is 43.2 Å². The largest absolute Gasteiger partial charge is 0.409 e. The quantitative estimate of drug-likeness (QED) is 0.430. The van der Waals surface area contributed by atoms with Gasteiger partial charge in [0.1, 0.15) is 6.33 Å². The first kappa shape index (κ1) is 14.0. The van der Waals surface area contributed by atoms with Crippen molar-refractivity contribution in [2.45, 2.75) is 6.23 Å². The number of thiocarbonyl (C=S) groups is 1. The molecule has 88 valence electrons. The Balaban J connectivity index is 0.00000128. The van der Waals surface area contributed by atoms with E-state index in [0.717, 1.165) is 0 Å². The Hall–Kier alpha value is -0.0717. The van der Waals surface area contributed by atoms with Crippen molar-refractivity contribution < 1.29 is 30.5 Å². The van der Waals surface area contributed by atoms with Crippen LogP contribution < -0.4 is 5.01 Å². The zero-order valence-corrected chi connectivity index (χ0v) is 12.0. The van der Waals surface area contributed by atoms with Crippen LogP contribution in [0.15, 0.2) is 18.7 Å². The minimum atomic E-state index is -0.266. The average molecular weight is 340 g/mol. The number of hydrogen-bond donors (Lipinski definition) is 0. The number of hydrogen-bond acceptors (Lipinski definition) is 5. The summed E-state index contributed by atoms with van der Waals surface area (Å²) in [5.74, 6) is 0. The van der Waals surface area contributed by atoms with Crippen molar-refractivity contribution in [2.24, 2.45) is 0 Å². The average Bonchev–Trinajstić information content (AvgIpc) is 2.72. The number of aromatic nitrogens is 2. The van der Waals surface area contributed by atoms with Crippen LogP contribution in [-0.4, -0.2) is 40.0 Å². The van der Waals surface area contributed by atoms with Crippen molar-refractivity contribution in [3.05, 3.63) is 18.7 Å². The van der Waals surface area contributed by atoms with E-state index < -0.39 is 0 Å². The first-order valence-corrected chi connectivity index (χ1v) is 5.28. The third-order valence-electron chi connectivity index (χ3n) is 2.00. The van der Waals surface area contributed by atoms with Gasteiger partial charge in [0.05, 0.1) is 19.8 Å². The van der Waals surface area contributed by atoms with Crippen molar-refractivity contribution in [2.75, 3.05) is 24.8 Å². The maximum atomic E-state index is 5.52. The zero-order valence-electron chi connectivity index (χ0n) is 8.31. The van der Waals surface area contributed by atoms with E-state index in [1.807, 2.05) is 0 Å². The molecule has 0 N–H and O–H groups in total. The normalized spacial score (nSPS) is 19.9. The minimum absolute atomic E-state index is 0. The van der Waals surface area contributed by atoms with Crippen LogP contribution in [0.5, 0.6) is 0 Å². The summed E-state index contributed by atoms with van der Waals surface area (Å²) in [5, 5.41) is 1.66. The number of rotatable bonds is 2. The summed E-state index contributed by atoms with van der Waals surface area (Å²) in [6, 6.07) is 0. The molecule has 1 aromatic heterocycles. The predicted octanol–water partition coefficient (Wildman–Crippen LogP) is 0.0233. The molecule has 1 atom stereocenters. The van der Waals surface area contributed by atoms with Gasteiger partial charge in [-0.3, -0.25) is 5.01 Å². The first-order chi connectivity index (χ1) is 7.29. The van der Waals surface area contributed by atoms with Gasteiger partial charge in [0.2, 0.25) is 0 Å². The van der Waals surface area contributed by atoms with Crippen LogP contribution in [0.2, 0.25) is 0 Å². The standard InChI is InChI=1S/C8H11N3O2S2.Mo/c14-8(15)11(10-2-1-9-6-10)7-5-12-3-4-13-7;/h1-2,6-7H,3-5H2,(H,14,15);/p-1. The zero-order chi connectivity index (χ0) is 10.7. The fourth-order valence-electron chi connectivity index (χ4n) is 1.36. The Morgan fingerprint density at radius 1 is 1.56 bits per heavy atom. The van der Waals surface area contributed by atoms with E-state index in [2.05, 4.69) is 4.98 Å².